The summed E-state index contributed by atoms with van der Waals surface area (Å²) in [6.45, 7) is 4.98. The number of halogens is 2. The number of hydrogen-bond acceptors (Lipinski definition) is 2. The zero-order chi connectivity index (χ0) is 15.2. The molecule has 0 saturated heterocycles. The lowest BCUT2D eigenvalue weighted by Gasteiger charge is -2.19. The topological polar surface area (TPSA) is 24.9 Å². The van der Waals surface area contributed by atoms with Gasteiger partial charge in [-0.05, 0) is 55.1 Å². The number of aromatic nitrogens is 1. The molecule has 1 aromatic heterocycles. The Hall–Kier alpha value is -1.45. The predicted molar refractivity (Wildman–Crippen MR) is 85.1 cm³/mol. The quantitative estimate of drug-likeness (QED) is 0.852. The summed E-state index contributed by atoms with van der Waals surface area (Å²) < 4.78 is 13.4. The first-order valence-corrected chi connectivity index (χ1v) is 7.56. The van der Waals surface area contributed by atoms with E-state index in [4.69, 9.17) is 11.6 Å². The molecule has 0 saturated carbocycles. The van der Waals surface area contributed by atoms with Crippen molar-refractivity contribution in [2.45, 2.75) is 32.7 Å². The smallest absolute Gasteiger partial charge is 0.141 e. The fourth-order valence-corrected chi connectivity index (χ4v) is 2.60. The minimum Gasteiger partial charge on any atom is -0.310 e. The summed E-state index contributed by atoms with van der Waals surface area (Å²) in [4.78, 5) is 3.94. The van der Waals surface area contributed by atoms with E-state index in [0.717, 1.165) is 34.7 Å². The summed E-state index contributed by atoms with van der Waals surface area (Å²) >= 11 is 6.31. The van der Waals surface area contributed by atoms with Gasteiger partial charge in [0.05, 0.1) is 6.20 Å². The zero-order valence-electron chi connectivity index (χ0n) is 12.4. The number of nitrogens with one attached hydrogen (secondary N) is 1. The van der Waals surface area contributed by atoms with Crippen molar-refractivity contribution in [3.8, 4) is 0 Å². The third-order valence-electron chi connectivity index (χ3n) is 3.40. The van der Waals surface area contributed by atoms with Crippen LogP contribution >= 0.6 is 11.6 Å². The van der Waals surface area contributed by atoms with E-state index in [1.807, 2.05) is 25.1 Å². The van der Waals surface area contributed by atoms with E-state index in [9.17, 15) is 4.39 Å². The Morgan fingerprint density at radius 3 is 2.76 bits per heavy atom. The fraction of sp³-hybridized carbons (Fsp3) is 0.353. The highest BCUT2D eigenvalue weighted by Crippen LogP contribution is 2.24. The maximum atomic E-state index is 13.4. The second-order valence-corrected chi connectivity index (χ2v) is 5.65. The number of benzene rings is 1. The van der Waals surface area contributed by atoms with Crippen LogP contribution in [-0.4, -0.2) is 11.5 Å². The monoisotopic (exact) mass is 306 g/mol. The summed E-state index contributed by atoms with van der Waals surface area (Å²) in [6, 6.07) is 7.57. The number of aryl methyl sites for hydroxylation is 1. The summed E-state index contributed by atoms with van der Waals surface area (Å²) in [5, 5.41) is 4.19. The van der Waals surface area contributed by atoms with E-state index < -0.39 is 0 Å². The summed E-state index contributed by atoms with van der Waals surface area (Å²) in [5.41, 5.74) is 3.04. The molecule has 1 heterocycles. The van der Waals surface area contributed by atoms with Gasteiger partial charge in [0.2, 0.25) is 0 Å². The SMILES string of the molecule is CCCNC(Cc1ccc(C)cc1Cl)c1cncc(F)c1. The van der Waals surface area contributed by atoms with Gasteiger partial charge in [-0.2, -0.15) is 0 Å². The summed E-state index contributed by atoms with van der Waals surface area (Å²) in [7, 11) is 0. The molecule has 0 aliphatic carbocycles. The molecular weight excluding hydrogens is 287 g/mol. The van der Waals surface area contributed by atoms with Crippen LogP contribution in [0.5, 0.6) is 0 Å². The molecule has 0 aliphatic heterocycles. The number of pyridine rings is 1. The van der Waals surface area contributed by atoms with Gasteiger partial charge in [-0.1, -0.05) is 30.7 Å². The third kappa shape index (κ3) is 4.51. The van der Waals surface area contributed by atoms with Crippen molar-refractivity contribution >= 4 is 11.6 Å². The van der Waals surface area contributed by atoms with E-state index in [-0.39, 0.29) is 11.9 Å². The first kappa shape index (κ1) is 15.9. The van der Waals surface area contributed by atoms with E-state index in [2.05, 4.69) is 17.2 Å². The molecular formula is C17H20ClFN2. The van der Waals surface area contributed by atoms with Gasteiger partial charge in [-0.25, -0.2) is 4.39 Å². The van der Waals surface area contributed by atoms with Crippen LogP contribution in [0.15, 0.2) is 36.7 Å². The van der Waals surface area contributed by atoms with E-state index >= 15 is 0 Å². The molecule has 2 aromatic rings. The number of rotatable bonds is 6. The van der Waals surface area contributed by atoms with Gasteiger partial charge in [-0.15, -0.1) is 0 Å². The molecule has 1 atom stereocenters. The molecule has 1 N–H and O–H groups in total. The van der Waals surface area contributed by atoms with Gasteiger partial charge in [0.25, 0.3) is 0 Å². The molecule has 0 radical (unpaired) electrons. The molecule has 2 rings (SSSR count). The molecule has 112 valence electrons. The minimum absolute atomic E-state index is 0.00774. The molecule has 0 bridgehead atoms. The van der Waals surface area contributed by atoms with Crippen LogP contribution in [0.4, 0.5) is 4.39 Å². The van der Waals surface area contributed by atoms with Crippen LogP contribution in [0.2, 0.25) is 5.02 Å². The summed E-state index contributed by atoms with van der Waals surface area (Å²) in [5.74, 6) is -0.314. The Labute approximate surface area is 130 Å². The average molecular weight is 307 g/mol. The van der Waals surface area contributed by atoms with E-state index in [1.54, 1.807) is 6.20 Å². The standard InChI is InChI=1S/C17H20ClFN2/c1-3-6-21-17(14-8-15(19)11-20-10-14)9-13-5-4-12(2)7-16(13)18/h4-5,7-8,10-11,17,21H,3,6,9H2,1-2H3. The van der Waals surface area contributed by atoms with Gasteiger partial charge in [0, 0.05) is 17.3 Å². The highest BCUT2D eigenvalue weighted by molar-refractivity contribution is 6.31. The average Bonchev–Trinajstić information content (AvgIpc) is 2.45. The van der Waals surface area contributed by atoms with Crippen molar-refractivity contribution in [3.05, 3.63) is 64.2 Å². The molecule has 4 heteroatoms. The molecule has 21 heavy (non-hydrogen) atoms. The van der Waals surface area contributed by atoms with Gasteiger partial charge in [0.15, 0.2) is 0 Å². The van der Waals surface area contributed by atoms with Crippen molar-refractivity contribution in [2.24, 2.45) is 0 Å². The molecule has 0 amide bonds. The van der Waals surface area contributed by atoms with Gasteiger partial charge < -0.3 is 5.32 Å². The molecule has 0 aliphatic rings. The van der Waals surface area contributed by atoms with Gasteiger partial charge >= 0.3 is 0 Å². The van der Waals surface area contributed by atoms with Crippen molar-refractivity contribution in [1.82, 2.24) is 10.3 Å². The van der Waals surface area contributed by atoms with Gasteiger partial charge in [0.1, 0.15) is 5.82 Å². The lowest BCUT2D eigenvalue weighted by Crippen LogP contribution is -2.24. The highest BCUT2D eigenvalue weighted by Gasteiger charge is 2.14. The Morgan fingerprint density at radius 2 is 2.10 bits per heavy atom. The van der Waals surface area contributed by atoms with Crippen LogP contribution in [0, 0.1) is 12.7 Å². The van der Waals surface area contributed by atoms with Crippen LogP contribution in [0.1, 0.15) is 36.1 Å². The predicted octanol–water partition coefficient (Wildman–Crippen LogP) is 4.47. The van der Waals surface area contributed by atoms with Crippen molar-refractivity contribution in [3.63, 3.8) is 0 Å². The Kier molecular flexibility index (Phi) is 5.71. The third-order valence-corrected chi connectivity index (χ3v) is 3.75. The van der Waals surface area contributed by atoms with Crippen LogP contribution in [0.3, 0.4) is 0 Å². The second kappa shape index (κ2) is 7.53. The van der Waals surface area contributed by atoms with Gasteiger partial charge in [-0.3, -0.25) is 4.98 Å². The highest BCUT2D eigenvalue weighted by atomic mass is 35.5. The summed E-state index contributed by atoms with van der Waals surface area (Å²) in [6.07, 6.45) is 4.66. The van der Waals surface area contributed by atoms with Crippen molar-refractivity contribution in [1.29, 1.82) is 0 Å². The van der Waals surface area contributed by atoms with Crippen LogP contribution in [0.25, 0.3) is 0 Å². The molecule has 1 aromatic carbocycles. The Morgan fingerprint density at radius 1 is 1.29 bits per heavy atom. The van der Waals surface area contributed by atoms with Crippen LogP contribution < -0.4 is 5.32 Å². The number of nitrogens with zero attached hydrogens (tertiary/aromatic N) is 1. The Bertz CT molecular complexity index is 601. The Balaban J connectivity index is 2.23. The largest absolute Gasteiger partial charge is 0.310 e. The van der Waals surface area contributed by atoms with Crippen molar-refractivity contribution < 1.29 is 4.39 Å². The van der Waals surface area contributed by atoms with Crippen LogP contribution in [-0.2, 0) is 6.42 Å². The van der Waals surface area contributed by atoms with E-state index in [1.165, 1.54) is 12.3 Å². The zero-order valence-corrected chi connectivity index (χ0v) is 13.1. The number of hydrogen-bond donors (Lipinski definition) is 1. The lowest BCUT2D eigenvalue weighted by molar-refractivity contribution is 0.521. The lowest BCUT2D eigenvalue weighted by atomic mass is 9.99. The normalized spacial score (nSPS) is 12.4. The fourth-order valence-electron chi connectivity index (χ4n) is 2.28. The molecule has 1 unspecified atom stereocenters. The van der Waals surface area contributed by atoms with E-state index in [0.29, 0.717) is 6.42 Å². The molecule has 0 fully saturated rings. The van der Waals surface area contributed by atoms with Crippen molar-refractivity contribution in [2.75, 3.05) is 6.54 Å². The molecule has 2 nitrogen and oxygen atoms in total. The molecule has 0 spiro atoms. The maximum Gasteiger partial charge on any atom is 0.141 e. The first-order chi connectivity index (χ1) is 10.1. The first-order valence-electron chi connectivity index (χ1n) is 7.19. The maximum absolute atomic E-state index is 13.4. The second-order valence-electron chi connectivity index (χ2n) is 5.24. The minimum atomic E-state index is -0.314.